The molecule has 2 aliphatic rings. The first kappa shape index (κ1) is 58.4. The second-order valence-corrected chi connectivity index (χ2v) is 29.8. The first-order chi connectivity index (χ1) is 57.1. The number of fused-ring (bicyclic) bond motifs is 7. The molecule has 18 aromatic rings. The lowest BCUT2D eigenvalue weighted by atomic mass is 9.33. The van der Waals surface area contributed by atoms with Crippen molar-refractivity contribution in [2.75, 3.05) is 9.80 Å². The first-order valence-electron chi connectivity index (χ1n) is 41.2. The molecule has 2 aliphatic heterocycles. The number of rotatable bonds is 13. The van der Waals surface area contributed by atoms with Crippen molar-refractivity contribution in [1.29, 1.82) is 0 Å². The van der Waals surface area contributed by atoms with Crippen molar-refractivity contribution in [3.05, 3.63) is 412 Å². The average Bonchev–Trinajstić information content (AvgIpc) is 1.31. The summed E-state index contributed by atoms with van der Waals surface area (Å²) in [5.41, 5.74) is 29.6. The summed E-state index contributed by atoms with van der Waals surface area (Å²) in [6.07, 6.45) is 0. The van der Waals surface area contributed by atoms with Crippen molar-refractivity contribution >= 4 is 79.0 Å². The van der Waals surface area contributed by atoms with E-state index in [0.29, 0.717) is 11.3 Å². The first-order valence-corrected chi connectivity index (χ1v) is 37.7. The standard InChI is InChI=1S/C106H76BN3/c1-106(2,3)87-68-101-103-102(69-87)110(105-89(78-39-21-9-22-40-78)44-27-45-90(105)79-41-23-10-24-42-79)100-70-88(108-97-48-26-25-43-93(97)94-66-82(57-61-98(94)108)73-33-15-6-16-34-73)59-60-95(100)107(103)96-67-83(86-64-84(74-35-17-7-18-36-74)63-85(65-86)75-37-19-8-20-38-75)58-62-99(96)109(101)104-91(80-53-49-76(50-54-80)71-29-11-4-12-30-71)46-28-47-92(104)81-55-51-77(52-56-81)72-31-13-5-14-32-72/h4-70H,1-3H3/i25D,26D,43D,48D,57D,61D,66D. The molecule has 0 radical (unpaired) electrons. The van der Waals surface area contributed by atoms with Gasteiger partial charge in [0.15, 0.2) is 0 Å². The topological polar surface area (TPSA) is 11.4 Å². The van der Waals surface area contributed by atoms with Crippen LogP contribution in [0.2, 0.25) is 0 Å². The molecule has 17 aromatic carbocycles. The normalized spacial score (nSPS) is 13.2. The van der Waals surface area contributed by atoms with Crippen molar-refractivity contribution in [3.63, 3.8) is 0 Å². The van der Waals surface area contributed by atoms with Crippen molar-refractivity contribution in [3.8, 4) is 117 Å². The molecule has 20 rings (SSSR count). The highest BCUT2D eigenvalue weighted by atomic mass is 15.2. The van der Waals surface area contributed by atoms with Crippen LogP contribution < -0.4 is 26.2 Å². The van der Waals surface area contributed by atoms with Gasteiger partial charge in [0.05, 0.1) is 32.0 Å². The second-order valence-electron chi connectivity index (χ2n) is 29.8. The molecule has 518 valence electrons. The molecule has 110 heavy (non-hydrogen) atoms. The number of aromatic nitrogens is 1. The van der Waals surface area contributed by atoms with Crippen LogP contribution in [0.4, 0.5) is 34.1 Å². The Hall–Kier alpha value is -13.8. The molecule has 3 nitrogen and oxygen atoms in total. The maximum Gasteiger partial charge on any atom is 0.252 e. The maximum atomic E-state index is 10.3. The van der Waals surface area contributed by atoms with E-state index in [1.54, 1.807) is 4.57 Å². The summed E-state index contributed by atoms with van der Waals surface area (Å²) in [4.78, 5) is 5.05. The summed E-state index contributed by atoms with van der Waals surface area (Å²) in [5.74, 6) is 0. The zero-order chi connectivity index (χ0) is 79.5. The minimum absolute atomic E-state index is 0.103. The van der Waals surface area contributed by atoms with Gasteiger partial charge in [-0.05, 0) is 183 Å². The highest BCUT2D eigenvalue weighted by Gasteiger charge is 2.46. The third-order valence-corrected chi connectivity index (χ3v) is 22.2. The Balaban J connectivity index is 0.943. The molecule has 4 heteroatoms. The lowest BCUT2D eigenvalue weighted by molar-refractivity contribution is 0.590. The van der Waals surface area contributed by atoms with Crippen LogP contribution in [0.15, 0.2) is 406 Å². The Morgan fingerprint density at radius 2 is 0.636 bits per heavy atom. The second kappa shape index (κ2) is 27.2. The van der Waals surface area contributed by atoms with E-state index in [2.05, 4.69) is 358 Å². The Kier molecular flexibility index (Phi) is 14.4. The van der Waals surface area contributed by atoms with Crippen LogP contribution >= 0.6 is 0 Å². The Bertz CT molecular complexity index is 6740. The van der Waals surface area contributed by atoms with Gasteiger partial charge < -0.3 is 14.4 Å². The fourth-order valence-electron chi connectivity index (χ4n) is 16.8. The van der Waals surface area contributed by atoms with Gasteiger partial charge in [-0.15, -0.1) is 0 Å². The SMILES string of the molecule is [2H]c1c([2H])c([2H])c2c(c1[2H])c1c([2H])c(-c3ccccc3)c([2H])c([2H])c1n2-c1ccc2c(c1)N(c1c(-c3ccccc3)cccc1-c1ccccc1)c1cc(C(C)(C)C)cc3c1B2c1cc(-c2cc(-c4ccccc4)cc(-c4ccccc4)c2)ccc1N3c1c(-c2ccc(-c3ccccc3)cc2)cccc1-c1ccc(-c2ccccc2)cc1. The Labute approximate surface area is 654 Å². The van der Waals surface area contributed by atoms with Gasteiger partial charge >= 0.3 is 0 Å². The Morgan fingerprint density at radius 1 is 0.264 bits per heavy atom. The number of para-hydroxylation sites is 3. The predicted molar refractivity (Wildman–Crippen MR) is 468 cm³/mol. The molecule has 0 unspecified atom stereocenters. The van der Waals surface area contributed by atoms with Crippen molar-refractivity contribution < 1.29 is 9.60 Å². The minimum atomic E-state index is -0.522. The van der Waals surface area contributed by atoms with Crippen LogP contribution in [0.5, 0.6) is 0 Å². The van der Waals surface area contributed by atoms with E-state index in [4.69, 9.17) is 0 Å². The van der Waals surface area contributed by atoms with Crippen LogP contribution in [0.1, 0.15) is 35.9 Å². The zero-order valence-corrected chi connectivity index (χ0v) is 61.1. The molecule has 0 N–H and O–H groups in total. The molecule has 0 atom stereocenters. The molecule has 0 saturated heterocycles. The molecule has 0 amide bonds. The fourth-order valence-corrected chi connectivity index (χ4v) is 16.8. The highest BCUT2D eigenvalue weighted by molar-refractivity contribution is 7.00. The largest absolute Gasteiger partial charge is 0.310 e. The highest BCUT2D eigenvalue weighted by Crippen LogP contribution is 2.55. The van der Waals surface area contributed by atoms with E-state index in [1.165, 1.54) is 0 Å². The third-order valence-electron chi connectivity index (χ3n) is 22.2. The van der Waals surface area contributed by atoms with Gasteiger partial charge in [0.2, 0.25) is 0 Å². The van der Waals surface area contributed by atoms with Gasteiger partial charge in [0, 0.05) is 61.5 Å². The molecular formula is C106H76BN3. The van der Waals surface area contributed by atoms with Crippen molar-refractivity contribution in [2.45, 2.75) is 26.2 Å². The third kappa shape index (κ3) is 11.5. The van der Waals surface area contributed by atoms with Crippen molar-refractivity contribution in [1.82, 2.24) is 4.57 Å². The predicted octanol–water partition coefficient (Wildman–Crippen LogP) is 26.8. The van der Waals surface area contributed by atoms with E-state index in [0.717, 1.165) is 156 Å². The quantitative estimate of drug-likeness (QED) is 0.107. The number of benzene rings is 17. The van der Waals surface area contributed by atoms with Crippen LogP contribution in [0.3, 0.4) is 0 Å². The van der Waals surface area contributed by atoms with E-state index in [9.17, 15) is 9.60 Å². The smallest absolute Gasteiger partial charge is 0.252 e. The van der Waals surface area contributed by atoms with Crippen LogP contribution in [-0.4, -0.2) is 11.3 Å². The lowest BCUT2D eigenvalue weighted by Crippen LogP contribution is -2.61. The summed E-state index contributed by atoms with van der Waals surface area (Å²) in [6.45, 7) is 6.36. The molecule has 0 spiro atoms. The Morgan fingerprint density at radius 3 is 1.10 bits per heavy atom. The van der Waals surface area contributed by atoms with Crippen LogP contribution in [0, 0.1) is 0 Å². The van der Waals surface area contributed by atoms with E-state index in [-0.39, 0.29) is 57.6 Å². The van der Waals surface area contributed by atoms with Crippen molar-refractivity contribution in [2.24, 2.45) is 0 Å². The molecule has 0 saturated carbocycles. The molecule has 0 fully saturated rings. The lowest BCUT2D eigenvalue weighted by Gasteiger charge is -2.46. The van der Waals surface area contributed by atoms with Crippen LogP contribution in [-0.2, 0) is 5.41 Å². The van der Waals surface area contributed by atoms with Gasteiger partial charge in [0.1, 0.15) is 0 Å². The van der Waals surface area contributed by atoms with Gasteiger partial charge in [-0.1, -0.05) is 360 Å². The van der Waals surface area contributed by atoms with Gasteiger partial charge in [0.25, 0.3) is 6.71 Å². The van der Waals surface area contributed by atoms with Gasteiger partial charge in [-0.25, -0.2) is 0 Å². The summed E-state index contributed by atoms with van der Waals surface area (Å²) >= 11 is 0. The number of hydrogen-bond donors (Lipinski definition) is 0. The van der Waals surface area contributed by atoms with E-state index < -0.39 is 24.2 Å². The summed E-state index contributed by atoms with van der Waals surface area (Å²) in [6, 6.07) is 127. The number of hydrogen-bond acceptors (Lipinski definition) is 2. The van der Waals surface area contributed by atoms with Crippen LogP contribution in [0.25, 0.3) is 139 Å². The van der Waals surface area contributed by atoms with Gasteiger partial charge in [-0.2, -0.15) is 0 Å². The summed E-state index contributed by atoms with van der Waals surface area (Å²) < 4.78 is 70.9. The average molecular weight is 1410 g/mol. The number of anilines is 6. The fraction of sp³-hybridized carbons (Fsp3) is 0.0377. The molecule has 0 aliphatic carbocycles. The molecule has 3 heterocycles. The monoisotopic (exact) mass is 1410 g/mol. The molecular weight excluding hydrogens is 1330 g/mol. The molecule has 0 bridgehead atoms. The summed E-state index contributed by atoms with van der Waals surface area (Å²) in [5, 5.41) is 0.267. The number of nitrogens with zero attached hydrogens (tertiary/aromatic N) is 3. The molecule has 1 aromatic heterocycles. The summed E-state index contributed by atoms with van der Waals surface area (Å²) in [7, 11) is 0. The maximum absolute atomic E-state index is 10.3. The van der Waals surface area contributed by atoms with E-state index >= 15 is 0 Å². The van der Waals surface area contributed by atoms with Gasteiger partial charge in [-0.3, -0.25) is 0 Å². The van der Waals surface area contributed by atoms with E-state index in [1.807, 2.05) is 36.4 Å². The minimum Gasteiger partial charge on any atom is -0.310 e. The zero-order valence-electron chi connectivity index (χ0n) is 68.1.